The lowest BCUT2D eigenvalue weighted by Crippen LogP contribution is -2.28. The second-order valence-electron chi connectivity index (χ2n) is 2.40. The summed E-state index contributed by atoms with van der Waals surface area (Å²) < 4.78 is 1.25. The van der Waals surface area contributed by atoms with Crippen LogP contribution < -0.4 is 0 Å². The zero-order chi connectivity index (χ0) is 8.43. The van der Waals surface area contributed by atoms with Crippen LogP contribution in [0.15, 0.2) is 6.33 Å². The molecule has 11 heavy (non-hydrogen) atoms. The largest absolute Gasteiger partial charge is 0.345 e. The smallest absolute Gasteiger partial charge is 0.329 e. The number of carbonyl (C=O) groups excluding carboxylic acids is 1. The summed E-state index contributed by atoms with van der Waals surface area (Å²) in [5.41, 5.74) is 0. The number of aromatic nitrogens is 3. The Kier molecular flexibility index (Phi) is 1.89. The van der Waals surface area contributed by atoms with Gasteiger partial charge in [0.1, 0.15) is 12.2 Å². The molecule has 0 atom stereocenters. The van der Waals surface area contributed by atoms with Gasteiger partial charge in [-0.2, -0.15) is 9.78 Å². The van der Waals surface area contributed by atoms with Gasteiger partial charge in [0.15, 0.2) is 0 Å². The van der Waals surface area contributed by atoms with Crippen LogP contribution in [-0.4, -0.2) is 39.8 Å². The lowest BCUT2D eigenvalue weighted by molar-refractivity contribution is 0.215. The molecule has 1 rings (SSSR count). The van der Waals surface area contributed by atoms with Gasteiger partial charge in [0.05, 0.1) is 0 Å². The van der Waals surface area contributed by atoms with E-state index in [4.69, 9.17) is 0 Å². The van der Waals surface area contributed by atoms with Crippen molar-refractivity contribution in [2.24, 2.45) is 0 Å². The average Bonchev–Trinajstić information content (AvgIpc) is 2.33. The van der Waals surface area contributed by atoms with Gasteiger partial charge in [-0.1, -0.05) is 0 Å². The summed E-state index contributed by atoms with van der Waals surface area (Å²) in [6.07, 6.45) is 1.36. The number of carbonyl (C=O) groups is 1. The van der Waals surface area contributed by atoms with E-state index in [2.05, 4.69) is 10.1 Å². The first kappa shape index (κ1) is 7.71. The van der Waals surface area contributed by atoms with Crippen LogP contribution >= 0.6 is 0 Å². The molecule has 1 amide bonds. The van der Waals surface area contributed by atoms with Gasteiger partial charge < -0.3 is 4.90 Å². The van der Waals surface area contributed by atoms with Crippen LogP contribution in [0.3, 0.4) is 0 Å². The number of hydrogen-bond acceptors (Lipinski definition) is 3. The minimum absolute atomic E-state index is 0.181. The van der Waals surface area contributed by atoms with E-state index in [9.17, 15) is 4.79 Å². The molecule has 5 heteroatoms. The van der Waals surface area contributed by atoms with E-state index >= 15 is 0 Å². The second-order valence-corrected chi connectivity index (χ2v) is 2.40. The molecule has 0 aliphatic heterocycles. The van der Waals surface area contributed by atoms with E-state index in [1.807, 2.05) is 0 Å². The molecule has 0 N–H and O–H groups in total. The van der Waals surface area contributed by atoms with E-state index in [1.165, 1.54) is 15.9 Å². The number of hydrogen-bond donors (Lipinski definition) is 0. The maximum Gasteiger partial charge on any atom is 0.345 e. The lowest BCUT2D eigenvalue weighted by atomic mass is 10.7. The van der Waals surface area contributed by atoms with Gasteiger partial charge in [0.2, 0.25) is 0 Å². The Morgan fingerprint density at radius 1 is 1.64 bits per heavy atom. The van der Waals surface area contributed by atoms with Crippen LogP contribution in [0.2, 0.25) is 0 Å². The molecule has 0 bridgehead atoms. The van der Waals surface area contributed by atoms with Gasteiger partial charge in [0, 0.05) is 14.1 Å². The molecule has 1 aromatic heterocycles. The summed E-state index contributed by atoms with van der Waals surface area (Å²) in [6, 6.07) is -0.181. The Hall–Kier alpha value is -1.39. The first-order valence-corrected chi connectivity index (χ1v) is 3.21. The van der Waals surface area contributed by atoms with Gasteiger partial charge >= 0.3 is 6.03 Å². The highest BCUT2D eigenvalue weighted by Crippen LogP contribution is 1.92. The van der Waals surface area contributed by atoms with Gasteiger partial charge in [-0.15, -0.1) is 0 Å². The van der Waals surface area contributed by atoms with E-state index in [1.54, 1.807) is 21.0 Å². The first-order valence-electron chi connectivity index (χ1n) is 3.21. The number of amides is 1. The van der Waals surface area contributed by atoms with Crippen molar-refractivity contribution in [2.45, 2.75) is 6.92 Å². The molecule has 0 aliphatic rings. The Labute approximate surface area is 64.6 Å². The van der Waals surface area contributed by atoms with Crippen molar-refractivity contribution in [2.75, 3.05) is 14.1 Å². The zero-order valence-corrected chi connectivity index (χ0v) is 6.77. The van der Waals surface area contributed by atoms with Crippen molar-refractivity contribution >= 4 is 6.03 Å². The highest BCUT2D eigenvalue weighted by Gasteiger charge is 2.09. The van der Waals surface area contributed by atoms with E-state index in [0.29, 0.717) is 5.82 Å². The highest BCUT2D eigenvalue weighted by atomic mass is 16.2. The summed E-state index contributed by atoms with van der Waals surface area (Å²) in [5.74, 6) is 0.601. The second kappa shape index (κ2) is 2.69. The first-order chi connectivity index (χ1) is 5.13. The zero-order valence-electron chi connectivity index (χ0n) is 6.77. The quantitative estimate of drug-likeness (QED) is 0.533. The molecule has 0 aromatic carbocycles. The molecular formula is C6H10N4O. The third kappa shape index (κ3) is 1.36. The fourth-order valence-corrected chi connectivity index (χ4v) is 0.677. The van der Waals surface area contributed by atoms with Crippen molar-refractivity contribution in [1.82, 2.24) is 19.7 Å². The fourth-order valence-electron chi connectivity index (χ4n) is 0.677. The minimum Gasteiger partial charge on any atom is -0.329 e. The van der Waals surface area contributed by atoms with Crippen molar-refractivity contribution in [1.29, 1.82) is 0 Å². The Morgan fingerprint density at radius 2 is 2.27 bits per heavy atom. The van der Waals surface area contributed by atoms with Crippen LogP contribution in [0.5, 0.6) is 0 Å². The van der Waals surface area contributed by atoms with Crippen LogP contribution in [0.1, 0.15) is 5.82 Å². The van der Waals surface area contributed by atoms with Crippen molar-refractivity contribution in [3.05, 3.63) is 12.2 Å². The van der Waals surface area contributed by atoms with Crippen molar-refractivity contribution in [3.8, 4) is 0 Å². The average molecular weight is 154 g/mol. The molecule has 0 saturated carbocycles. The molecule has 5 nitrogen and oxygen atoms in total. The molecule has 0 radical (unpaired) electrons. The molecule has 0 spiro atoms. The third-order valence-electron chi connectivity index (χ3n) is 1.28. The van der Waals surface area contributed by atoms with Crippen molar-refractivity contribution < 1.29 is 4.79 Å². The topological polar surface area (TPSA) is 51.0 Å². The molecule has 0 aliphatic carbocycles. The van der Waals surface area contributed by atoms with Crippen LogP contribution in [0.25, 0.3) is 0 Å². The van der Waals surface area contributed by atoms with E-state index in [-0.39, 0.29) is 6.03 Å². The van der Waals surface area contributed by atoms with Gasteiger partial charge in [-0.05, 0) is 6.92 Å². The summed E-state index contributed by atoms with van der Waals surface area (Å²) in [6.45, 7) is 1.73. The van der Waals surface area contributed by atoms with Gasteiger partial charge in [-0.25, -0.2) is 9.78 Å². The predicted octanol–water partition coefficient (Wildman–Crippen LogP) is 0.116. The normalized spacial score (nSPS) is 9.73. The van der Waals surface area contributed by atoms with Gasteiger partial charge in [0.25, 0.3) is 0 Å². The predicted molar refractivity (Wildman–Crippen MR) is 39.2 cm³/mol. The molecule has 0 saturated heterocycles. The summed E-state index contributed by atoms with van der Waals surface area (Å²) >= 11 is 0. The van der Waals surface area contributed by atoms with E-state index < -0.39 is 0 Å². The number of rotatable bonds is 0. The van der Waals surface area contributed by atoms with Crippen LogP contribution in [0, 0.1) is 6.92 Å². The Morgan fingerprint density at radius 3 is 2.64 bits per heavy atom. The Bertz CT molecular complexity index is 265. The van der Waals surface area contributed by atoms with Gasteiger partial charge in [-0.3, -0.25) is 0 Å². The van der Waals surface area contributed by atoms with Crippen LogP contribution in [-0.2, 0) is 0 Å². The van der Waals surface area contributed by atoms with Crippen molar-refractivity contribution in [3.63, 3.8) is 0 Å². The maximum atomic E-state index is 11.2. The molecule has 0 fully saturated rings. The molecule has 1 aromatic rings. The highest BCUT2D eigenvalue weighted by molar-refractivity contribution is 5.75. The summed E-state index contributed by atoms with van der Waals surface area (Å²) in [4.78, 5) is 16.5. The number of aryl methyl sites for hydroxylation is 1. The monoisotopic (exact) mass is 154 g/mol. The lowest BCUT2D eigenvalue weighted by Gasteiger charge is -2.09. The minimum atomic E-state index is -0.181. The number of nitrogens with zero attached hydrogens (tertiary/aromatic N) is 4. The molecule has 0 unspecified atom stereocenters. The van der Waals surface area contributed by atoms with E-state index in [0.717, 1.165) is 0 Å². The standard InChI is InChI=1S/C6H10N4O/c1-5-7-4-8-10(5)6(11)9(2)3/h4H,1-3H3. The fraction of sp³-hybridized carbons (Fsp3) is 0.500. The Balaban J connectivity index is 2.93. The molecular weight excluding hydrogens is 144 g/mol. The molecule has 60 valence electrons. The third-order valence-corrected chi connectivity index (χ3v) is 1.28. The summed E-state index contributed by atoms with van der Waals surface area (Å²) in [5, 5.41) is 3.75. The maximum absolute atomic E-state index is 11.2. The summed E-state index contributed by atoms with van der Waals surface area (Å²) in [7, 11) is 3.34. The SMILES string of the molecule is Cc1ncnn1C(=O)N(C)C. The van der Waals surface area contributed by atoms with Crippen LogP contribution in [0.4, 0.5) is 4.79 Å². The molecule has 1 heterocycles.